The van der Waals surface area contributed by atoms with E-state index in [9.17, 15) is 16.8 Å². The van der Waals surface area contributed by atoms with Gasteiger partial charge in [0.15, 0.2) is 0 Å². The SMILES string of the molecule is CC(C)c1ccc(S(=O)(=O)N2CCN(S(=O)(=O)c3cc(Cl)c(Cl)cc3Cl)CC2)cc1. The standard InChI is InChI=1S/C19H21Cl3N2O4S2/c1-13(2)14-3-5-15(6-4-14)29(25,26)23-7-9-24(10-8-23)30(27,28)19-12-17(21)16(20)11-18(19)22/h3-6,11-13H,7-10H2,1-2H3. The molecule has 1 fully saturated rings. The normalized spacial score (nSPS) is 16.9. The Kier molecular flexibility index (Phi) is 7.09. The van der Waals surface area contributed by atoms with Gasteiger partial charge in [-0.25, -0.2) is 16.8 Å². The first kappa shape index (κ1) is 23.8. The molecule has 0 saturated carbocycles. The molecule has 0 unspecified atom stereocenters. The summed E-state index contributed by atoms with van der Waals surface area (Å²) in [7, 11) is -7.66. The van der Waals surface area contributed by atoms with Crippen LogP contribution in [0.15, 0.2) is 46.2 Å². The monoisotopic (exact) mass is 510 g/mol. The van der Waals surface area contributed by atoms with Crippen LogP contribution in [-0.2, 0) is 20.0 Å². The first-order valence-corrected chi connectivity index (χ1v) is 13.2. The Hall–Kier alpha value is -0.870. The van der Waals surface area contributed by atoms with E-state index in [1.165, 1.54) is 20.7 Å². The summed E-state index contributed by atoms with van der Waals surface area (Å²) in [6, 6.07) is 9.25. The van der Waals surface area contributed by atoms with Gasteiger partial charge in [-0.15, -0.1) is 0 Å². The van der Waals surface area contributed by atoms with E-state index in [1.54, 1.807) is 24.3 Å². The number of piperazine rings is 1. The van der Waals surface area contributed by atoms with Crippen LogP contribution in [-0.4, -0.2) is 51.6 Å². The molecule has 0 radical (unpaired) electrons. The minimum atomic E-state index is -3.94. The van der Waals surface area contributed by atoms with Crippen molar-refractivity contribution in [3.63, 3.8) is 0 Å². The summed E-state index contributed by atoms with van der Waals surface area (Å²) in [6.07, 6.45) is 0. The molecule has 164 valence electrons. The van der Waals surface area contributed by atoms with Gasteiger partial charge in [-0.05, 0) is 35.7 Å². The van der Waals surface area contributed by atoms with Crippen molar-refractivity contribution in [2.24, 2.45) is 0 Å². The summed E-state index contributed by atoms with van der Waals surface area (Å²) in [5, 5.41) is 0.190. The van der Waals surface area contributed by atoms with E-state index in [1.807, 2.05) is 13.8 Å². The lowest BCUT2D eigenvalue weighted by Gasteiger charge is -2.33. The molecule has 0 amide bonds. The Morgan fingerprint density at radius 3 is 1.70 bits per heavy atom. The highest BCUT2D eigenvalue weighted by Crippen LogP contribution is 2.33. The summed E-state index contributed by atoms with van der Waals surface area (Å²) in [5.41, 5.74) is 1.04. The zero-order chi connectivity index (χ0) is 22.3. The molecule has 30 heavy (non-hydrogen) atoms. The first-order valence-electron chi connectivity index (χ1n) is 9.19. The van der Waals surface area contributed by atoms with Gasteiger partial charge < -0.3 is 0 Å². The third-order valence-electron chi connectivity index (χ3n) is 4.97. The number of nitrogens with zero attached hydrogens (tertiary/aromatic N) is 2. The zero-order valence-electron chi connectivity index (χ0n) is 16.3. The van der Waals surface area contributed by atoms with Crippen LogP contribution in [0.2, 0.25) is 15.1 Å². The van der Waals surface area contributed by atoms with E-state index < -0.39 is 20.0 Å². The van der Waals surface area contributed by atoms with E-state index in [-0.39, 0.29) is 51.0 Å². The lowest BCUT2D eigenvalue weighted by molar-refractivity contribution is 0.273. The summed E-state index contributed by atoms with van der Waals surface area (Å²) >= 11 is 17.9. The Morgan fingerprint density at radius 2 is 1.20 bits per heavy atom. The smallest absolute Gasteiger partial charge is 0.207 e. The van der Waals surface area contributed by atoms with Crippen LogP contribution >= 0.6 is 34.8 Å². The number of hydrogen-bond acceptors (Lipinski definition) is 4. The number of halogens is 3. The molecule has 0 spiro atoms. The van der Waals surface area contributed by atoms with Gasteiger partial charge in [0.25, 0.3) is 0 Å². The molecule has 0 aromatic heterocycles. The summed E-state index contributed by atoms with van der Waals surface area (Å²) in [5.74, 6) is 0.295. The van der Waals surface area contributed by atoms with Crippen LogP contribution < -0.4 is 0 Å². The Bertz CT molecular complexity index is 1140. The molecule has 2 aromatic carbocycles. The van der Waals surface area contributed by atoms with Crippen LogP contribution in [0.4, 0.5) is 0 Å². The van der Waals surface area contributed by atoms with Gasteiger partial charge >= 0.3 is 0 Å². The lowest BCUT2D eigenvalue weighted by atomic mass is 10.0. The maximum Gasteiger partial charge on any atom is 0.244 e. The first-order chi connectivity index (χ1) is 13.9. The highest BCUT2D eigenvalue weighted by atomic mass is 35.5. The molecule has 0 bridgehead atoms. The Balaban J connectivity index is 1.77. The average Bonchev–Trinajstić information content (AvgIpc) is 2.70. The van der Waals surface area contributed by atoms with Gasteiger partial charge in [0.1, 0.15) is 4.90 Å². The van der Waals surface area contributed by atoms with Crippen LogP contribution in [0, 0.1) is 0 Å². The second kappa shape index (κ2) is 8.94. The fourth-order valence-electron chi connectivity index (χ4n) is 3.17. The number of rotatable bonds is 5. The maximum absolute atomic E-state index is 13.0. The van der Waals surface area contributed by atoms with Crippen molar-refractivity contribution in [1.29, 1.82) is 0 Å². The van der Waals surface area contributed by atoms with Gasteiger partial charge in [0.2, 0.25) is 20.0 Å². The Labute approximate surface area is 192 Å². The third-order valence-corrected chi connectivity index (χ3v) is 9.97. The van der Waals surface area contributed by atoms with Crippen LogP contribution in [0.25, 0.3) is 0 Å². The van der Waals surface area contributed by atoms with E-state index in [0.29, 0.717) is 5.92 Å². The number of hydrogen-bond donors (Lipinski definition) is 0. The quantitative estimate of drug-likeness (QED) is 0.555. The fraction of sp³-hybridized carbons (Fsp3) is 0.368. The molecule has 1 heterocycles. The molecule has 1 aliphatic rings. The molecule has 2 aromatic rings. The van der Waals surface area contributed by atoms with Crippen LogP contribution in [0.1, 0.15) is 25.3 Å². The predicted molar refractivity (Wildman–Crippen MR) is 120 cm³/mol. The zero-order valence-corrected chi connectivity index (χ0v) is 20.2. The minimum absolute atomic E-state index is 0.00220. The van der Waals surface area contributed by atoms with Crippen molar-refractivity contribution in [2.75, 3.05) is 26.2 Å². The second-order valence-electron chi connectivity index (χ2n) is 7.23. The maximum atomic E-state index is 13.0. The summed E-state index contributed by atoms with van der Waals surface area (Å²) in [6.45, 7) is 4.13. The van der Waals surface area contributed by atoms with E-state index in [4.69, 9.17) is 34.8 Å². The molecule has 0 atom stereocenters. The van der Waals surface area contributed by atoms with Gasteiger partial charge in [0, 0.05) is 26.2 Å². The van der Waals surface area contributed by atoms with Crippen molar-refractivity contribution in [3.8, 4) is 0 Å². The molecule has 0 N–H and O–H groups in total. The largest absolute Gasteiger partial charge is 0.244 e. The molecular formula is C19H21Cl3N2O4S2. The molecule has 0 aliphatic carbocycles. The average molecular weight is 512 g/mol. The van der Waals surface area contributed by atoms with Crippen LogP contribution in [0.5, 0.6) is 0 Å². The van der Waals surface area contributed by atoms with Crippen molar-refractivity contribution in [3.05, 3.63) is 57.0 Å². The van der Waals surface area contributed by atoms with Crippen molar-refractivity contribution >= 4 is 54.8 Å². The number of benzene rings is 2. The third kappa shape index (κ3) is 4.65. The molecule has 11 heteroatoms. The van der Waals surface area contributed by atoms with Gasteiger partial charge in [0.05, 0.1) is 20.0 Å². The van der Waals surface area contributed by atoms with E-state index in [0.717, 1.165) is 5.56 Å². The van der Waals surface area contributed by atoms with Gasteiger partial charge in [-0.2, -0.15) is 8.61 Å². The van der Waals surface area contributed by atoms with Gasteiger partial charge in [-0.1, -0.05) is 60.8 Å². The Morgan fingerprint density at radius 1 is 0.733 bits per heavy atom. The fourth-order valence-corrected chi connectivity index (χ4v) is 6.99. The highest BCUT2D eigenvalue weighted by molar-refractivity contribution is 7.89. The highest BCUT2D eigenvalue weighted by Gasteiger charge is 2.35. The van der Waals surface area contributed by atoms with Crippen molar-refractivity contribution < 1.29 is 16.8 Å². The molecular weight excluding hydrogens is 491 g/mol. The van der Waals surface area contributed by atoms with Crippen LogP contribution in [0.3, 0.4) is 0 Å². The molecule has 6 nitrogen and oxygen atoms in total. The second-order valence-corrected chi connectivity index (χ2v) is 12.3. The lowest BCUT2D eigenvalue weighted by Crippen LogP contribution is -2.50. The number of sulfonamides is 2. The minimum Gasteiger partial charge on any atom is -0.207 e. The molecule has 1 saturated heterocycles. The predicted octanol–water partition coefficient (Wildman–Crippen LogP) is 4.47. The summed E-state index contributed by atoms with van der Waals surface area (Å²) in [4.78, 5) is 0.0369. The van der Waals surface area contributed by atoms with Crippen molar-refractivity contribution in [1.82, 2.24) is 8.61 Å². The topological polar surface area (TPSA) is 74.8 Å². The van der Waals surface area contributed by atoms with Crippen molar-refractivity contribution in [2.45, 2.75) is 29.6 Å². The molecule has 1 aliphatic heterocycles. The van der Waals surface area contributed by atoms with E-state index in [2.05, 4.69) is 0 Å². The summed E-state index contributed by atoms with van der Waals surface area (Å²) < 4.78 is 54.3. The molecule has 3 rings (SSSR count). The van der Waals surface area contributed by atoms with Gasteiger partial charge in [-0.3, -0.25) is 0 Å². The van der Waals surface area contributed by atoms with E-state index >= 15 is 0 Å².